The fourth-order valence-corrected chi connectivity index (χ4v) is 0.961. The van der Waals surface area contributed by atoms with Crippen molar-refractivity contribution in [2.45, 2.75) is 27.7 Å². The zero-order valence-electron chi connectivity index (χ0n) is 8.38. The highest BCUT2D eigenvalue weighted by molar-refractivity contribution is 6.17. The number of allylic oxidation sites excluding steroid dienone is 2. The average Bonchev–Trinajstić information content (AvgIpc) is 2.43. The monoisotopic (exact) mass is 182 g/mol. The minimum Gasteiger partial charge on any atom is -0.386 e. The molecule has 1 fully saturated rings. The maximum atomic E-state index is 10.8. The van der Waals surface area contributed by atoms with E-state index in [1.165, 1.54) is 0 Å². The quantitative estimate of drug-likeness (QED) is 0.327. The summed E-state index contributed by atoms with van der Waals surface area (Å²) >= 11 is 0. The molecule has 0 aromatic rings. The Balaban J connectivity index is 0.000000671. The van der Waals surface area contributed by atoms with Gasteiger partial charge in [-0.3, -0.25) is 0 Å². The highest BCUT2D eigenvalue weighted by atomic mass is 16.6. The minimum absolute atomic E-state index is 0.359. The predicted octanol–water partition coefficient (Wildman–Crippen LogP) is 1.99. The number of carbonyl (C=O) groups is 2. The summed E-state index contributed by atoms with van der Waals surface area (Å²) in [5, 5.41) is 0. The van der Waals surface area contributed by atoms with Crippen molar-refractivity contribution in [2.75, 3.05) is 0 Å². The maximum Gasteiger partial charge on any atom is 0.346 e. The molecule has 0 unspecified atom stereocenters. The van der Waals surface area contributed by atoms with E-state index in [-0.39, 0.29) is 0 Å². The third kappa shape index (κ3) is 2.28. The first-order valence-electron chi connectivity index (χ1n) is 4.30. The summed E-state index contributed by atoms with van der Waals surface area (Å²) in [6.07, 6.45) is 3.14. The van der Waals surface area contributed by atoms with Crippen molar-refractivity contribution in [3.05, 3.63) is 23.3 Å². The van der Waals surface area contributed by atoms with Gasteiger partial charge in [0.15, 0.2) is 0 Å². The summed E-state index contributed by atoms with van der Waals surface area (Å²) in [6.45, 7) is 7.39. The molecule has 0 bridgehead atoms. The van der Waals surface area contributed by atoms with Crippen molar-refractivity contribution >= 4 is 11.9 Å². The van der Waals surface area contributed by atoms with Gasteiger partial charge in [-0.2, -0.15) is 0 Å². The van der Waals surface area contributed by atoms with Crippen LogP contribution in [0.15, 0.2) is 23.3 Å². The Labute approximate surface area is 78.1 Å². The molecule has 1 saturated heterocycles. The van der Waals surface area contributed by atoms with Gasteiger partial charge in [-0.1, -0.05) is 26.0 Å². The van der Waals surface area contributed by atoms with Gasteiger partial charge in [0, 0.05) is 0 Å². The molecule has 0 saturated carbocycles. The highest BCUT2D eigenvalue weighted by Crippen LogP contribution is 2.20. The Hall–Kier alpha value is -1.38. The SMILES string of the molecule is C/C=C1/C(=O)OC(=O)/C1=C/C.CC. The van der Waals surface area contributed by atoms with Gasteiger partial charge in [-0.05, 0) is 13.8 Å². The van der Waals surface area contributed by atoms with E-state index in [1.807, 2.05) is 13.8 Å². The second kappa shape index (κ2) is 5.30. The summed E-state index contributed by atoms with van der Waals surface area (Å²) in [4.78, 5) is 21.7. The molecule has 0 N–H and O–H groups in total. The van der Waals surface area contributed by atoms with Crippen LogP contribution in [0.2, 0.25) is 0 Å². The molecule has 0 aromatic carbocycles. The first-order valence-corrected chi connectivity index (χ1v) is 4.30. The van der Waals surface area contributed by atoms with Crippen LogP contribution in [0.1, 0.15) is 27.7 Å². The fourth-order valence-electron chi connectivity index (χ4n) is 0.961. The molecular weight excluding hydrogens is 168 g/mol. The predicted molar refractivity (Wildman–Crippen MR) is 50.0 cm³/mol. The zero-order valence-corrected chi connectivity index (χ0v) is 8.38. The molecule has 3 heteroatoms. The van der Waals surface area contributed by atoms with Crippen molar-refractivity contribution in [3.8, 4) is 0 Å². The number of ether oxygens (including phenoxy) is 1. The molecule has 13 heavy (non-hydrogen) atoms. The van der Waals surface area contributed by atoms with E-state index in [9.17, 15) is 9.59 Å². The van der Waals surface area contributed by atoms with Crippen LogP contribution in [0.25, 0.3) is 0 Å². The molecular formula is C10H14O3. The van der Waals surface area contributed by atoms with Gasteiger partial charge in [0.2, 0.25) is 0 Å². The molecule has 0 aliphatic carbocycles. The summed E-state index contributed by atoms with van der Waals surface area (Å²) in [5.74, 6) is -1.10. The van der Waals surface area contributed by atoms with E-state index in [1.54, 1.807) is 26.0 Å². The molecule has 0 amide bonds. The number of carbonyl (C=O) groups excluding carboxylic acids is 2. The van der Waals surface area contributed by atoms with Crippen LogP contribution in [0, 0.1) is 0 Å². The van der Waals surface area contributed by atoms with Crippen molar-refractivity contribution < 1.29 is 14.3 Å². The summed E-state index contributed by atoms with van der Waals surface area (Å²) in [7, 11) is 0. The molecule has 0 radical (unpaired) electrons. The molecule has 1 heterocycles. The van der Waals surface area contributed by atoms with Gasteiger partial charge in [0.25, 0.3) is 0 Å². The van der Waals surface area contributed by atoms with Crippen molar-refractivity contribution in [1.29, 1.82) is 0 Å². The minimum atomic E-state index is -0.550. The van der Waals surface area contributed by atoms with Gasteiger partial charge in [-0.25, -0.2) is 9.59 Å². The second-order valence-electron chi connectivity index (χ2n) is 2.08. The number of hydrogen-bond acceptors (Lipinski definition) is 3. The van der Waals surface area contributed by atoms with Crippen LogP contribution < -0.4 is 0 Å². The molecule has 72 valence electrons. The van der Waals surface area contributed by atoms with E-state index in [0.717, 1.165) is 0 Å². The van der Waals surface area contributed by atoms with Crippen LogP contribution in [0.4, 0.5) is 0 Å². The Kier molecular flexibility index (Phi) is 4.74. The van der Waals surface area contributed by atoms with Gasteiger partial charge < -0.3 is 4.74 Å². The standard InChI is InChI=1S/C8H8O3.C2H6/c1-3-5-6(4-2)8(10)11-7(5)9;1-2/h3-4H,1-2H3;1-2H3/b5-3+,6-4+;. The second-order valence-corrected chi connectivity index (χ2v) is 2.08. The Morgan fingerprint density at radius 3 is 1.46 bits per heavy atom. The molecule has 0 spiro atoms. The third-order valence-electron chi connectivity index (χ3n) is 1.49. The molecule has 0 aromatic heterocycles. The largest absolute Gasteiger partial charge is 0.386 e. The van der Waals surface area contributed by atoms with Crippen LogP contribution in [0.3, 0.4) is 0 Å². The van der Waals surface area contributed by atoms with E-state index in [0.29, 0.717) is 11.1 Å². The molecule has 1 rings (SSSR count). The zero-order chi connectivity index (χ0) is 10.4. The van der Waals surface area contributed by atoms with Gasteiger partial charge in [0.05, 0.1) is 11.1 Å². The molecule has 1 aliphatic rings. The number of rotatable bonds is 0. The maximum absolute atomic E-state index is 10.8. The van der Waals surface area contributed by atoms with E-state index >= 15 is 0 Å². The lowest BCUT2D eigenvalue weighted by atomic mass is 10.1. The molecule has 0 atom stereocenters. The van der Waals surface area contributed by atoms with Crippen LogP contribution in [0.5, 0.6) is 0 Å². The van der Waals surface area contributed by atoms with E-state index in [4.69, 9.17) is 0 Å². The first-order chi connectivity index (χ1) is 6.20. The smallest absolute Gasteiger partial charge is 0.346 e. The first kappa shape index (κ1) is 11.6. The van der Waals surface area contributed by atoms with Crippen molar-refractivity contribution in [3.63, 3.8) is 0 Å². The topological polar surface area (TPSA) is 43.4 Å². The lowest BCUT2D eigenvalue weighted by molar-refractivity contribution is -0.149. The molecule has 3 nitrogen and oxygen atoms in total. The van der Waals surface area contributed by atoms with Crippen LogP contribution >= 0.6 is 0 Å². The molecule has 1 aliphatic heterocycles. The van der Waals surface area contributed by atoms with Crippen LogP contribution in [-0.4, -0.2) is 11.9 Å². The summed E-state index contributed by atoms with van der Waals surface area (Å²) < 4.78 is 4.35. The van der Waals surface area contributed by atoms with Gasteiger partial charge in [0.1, 0.15) is 0 Å². The average molecular weight is 182 g/mol. The van der Waals surface area contributed by atoms with E-state index in [2.05, 4.69) is 4.74 Å². The van der Waals surface area contributed by atoms with E-state index < -0.39 is 11.9 Å². The summed E-state index contributed by atoms with van der Waals surface area (Å²) in [5.41, 5.74) is 0.718. The fraction of sp³-hybridized carbons (Fsp3) is 0.400. The Bertz CT molecular complexity index is 244. The number of cyclic esters (lactones) is 2. The third-order valence-corrected chi connectivity index (χ3v) is 1.49. The number of esters is 2. The number of hydrogen-bond donors (Lipinski definition) is 0. The van der Waals surface area contributed by atoms with Crippen LogP contribution in [-0.2, 0) is 14.3 Å². The van der Waals surface area contributed by atoms with Crippen molar-refractivity contribution in [2.24, 2.45) is 0 Å². The highest BCUT2D eigenvalue weighted by Gasteiger charge is 2.31. The van der Waals surface area contributed by atoms with Gasteiger partial charge in [-0.15, -0.1) is 0 Å². The van der Waals surface area contributed by atoms with Crippen molar-refractivity contribution in [1.82, 2.24) is 0 Å². The Morgan fingerprint density at radius 1 is 0.923 bits per heavy atom. The Morgan fingerprint density at radius 2 is 1.23 bits per heavy atom. The lowest BCUT2D eigenvalue weighted by Gasteiger charge is -1.86. The summed E-state index contributed by atoms with van der Waals surface area (Å²) in [6, 6.07) is 0. The lowest BCUT2D eigenvalue weighted by Crippen LogP contribution is -1.96. The van der Waals surface area contributed by atoms with Gasteiger partial charge >= 0.3 is 11.9 Å². The normalized spacial score (nSPS) is 21.5.